The first-order chi connectivity index (χ1) is 15.0. The van der Waals surface area contributed by atoms with Crippen LogP contribution in [0.2, 0.25) is 5.28 Å². The van der Waals surface area contributed by atoms with Crippen molar-refractivity contribution >= 4 is 28.6 Å². The Kier molecular flexibility index (Phi) is 5.24. The number of aliphatic hydroxyl groups is 2. The van der Waals surface area contributed by atoms with Crippen LogP contribution < -0.4 is 5.32 Å². The third-order valence-electron chi connectivity index (χ3n) is 6.28. The number of aryl methyl sites for hydroxylation is 1. The number of methoxy groups -OCH3 is 1. The number of fused-ring (bicyclic) bond motifs is 1. The lowest BCUT2D eigenvalue weighted by atomic mass is 10.2. The fourth-order valence-corrected chi connectivity index (χ4v) is 4.88. The van der Waals surface area contributed by atoms with Gasteiger partial charge in [-0.1, -0.05) is 0 Å². The fourth-order valence-electron chi connectivity index (χ4n) is 4.71. The molecule has 12 nitrogen and oxygen atoms in total. The van der Waals surface area contributed by atoms with Crippen molar-refractivity contribution < 1.29 is 14.9 Å². The predicted molar refractivity (Wildman–Crippen MR) is 110 cm³/mol. The molecule has 3 aromatic rings. The highest BCUT2D eigenvalue weighted by Crippen LogP contribution is 2.39. The van der Waals surface area contributed by atoms with Gasteiger partial charge in [-0.15, -0.1) is 10.2 Å². The lowest BCUT2D eigenvalue weighted by Gasteiger charge is -2.21. The van der Waals surface area contributed by atoms with E-state index in [2.05, 4.69) is 35.7 Å². The highest BCUT2D eigenvalue weighted by Gasteiger charge is 2.45. The number of hydrogen-bond donors (Lipinski definition) is 3. The summed E-state index contributed by atoms with van der Waals surface area (Å²) in [5.74, 6) is 1.02. The maximum Gasteiger partial charge on any atom is 0.226 e. The van der Waals surface area contributed by atoms with Crippen LogP contribution in [0.25, 0.3) is 11.2 Å². The van der Waals surface area contributed by atoms with Crippen molar-refractivity contribution in [1.82, 2.24) is 39.7 Å². The zero-order valence-corrected chi connectivity index (χ0v) is 17.9. The SMILES string of the molecule is CO[C@H]1CCC[C@@H]1Nc1nc(Cl)nc2c1ncn2[C@@H]1C[C@H](n2nnc(C)n2)[C@@H](O)[C@H]1O. The summed E-state index contributed by atoms with van der Waals surface area (Å²) in [6.45, 7) is 1.72. The molecule has 0 bridgehead atoms. The maximum absolute atomic E-state index is 10.8. The number of hydrogen-bond acceptors (Lipinski definition) is 10. The van der Waals surface area contributed by atoms with Crippen LogP contribution >= 0.6 is 11.6 Å². The topological polar surface area (TPSA) is 149 Å². The van der Waals surface area contributed by atoms with E-state index in [0.29, 0.717) is 29.2 Å². The van der Waals surface area contributed by atoms with Gasteiger partial charge in [0.05, 0.1) is 24.5 Å². The Morgan fingerprint density at radius 1 is 1.19 bits per heavy atom. The van der Waals surface area contributed by atoms with E-state index in [-0.39, 0.29) is 17.4 Å². The Bertz CT molecular complexity index is 1090. The summed E-state index contributed by atoms with van der Waals surface area (Å²) < 4.78 is 7.29. The van der Waals surface area contributed by atoms with Crippen molar-refractivity contribution in [2.45, 2.75) is 69.0 Å². The van der Waals surface area contributed by atoms with Crippen molar-refractivity contribution in [2.24, 2.45) is 0 Å². The molecule has 0 saturated heterocycles. The number of rotatable bonds is 5. The molecule has 0 unspecified atom stereocenters. The van der Waals surface area contributed by atoms with Crippen molar-refractivity contribution in [3.05, 3.63) is 17.4 Å². The number of aromatic nitrogens is 8. The molecule has 166 valence electrons. The second-order valence-corrected chi connectivity index (χ2v) is 8.47. The molecule has 13 heteroatoms. The van der Waals surface area contributed by atoms with Crippen LogP contribution in [0.15, 0.2) is 6.33 Å². The molecule has 2 aliphatic rings. The van der Waals surface area contributed by atoms with Gasteiger partial charge in [0, 0.05) is 7.11 Å². The van der Waals surface area contributed by atoms with Gasteiger partial charge in [0.15, 0.2) is 22.8 Å². The minimum absolute atomic E-state index is 0.0712. The third-order valence-corrected chi connectivity index (χ3v) is 6.44. The number of nitrogens with zero attached hydrogens (tertiary/aromatic N) is 8. The number of imidazole rings is 1. The largest absolute Gasteiger partial charge is 0.388 e. The lowest BCUT2D eigenvalue weighted by Crippen LogP contribution is -2.31. The Balaban J connectivity index is 1.47. The zero-order valence-electron chi connectivity index (χ0n) is 17.1. The van der Waals surface area contributed by atoms with Gasteiger partial charge in [0.25, 0.3) is 0 Å². The first kappa shape index (κ1) is 20.5. The molecule has 31 heavy (non-hydrogen) atoms. The number of nitrogens with one attached hydrogen (secondary N) is 1. The fraction of sp³-hybridized carbons (Fsp3) is 0.667. The quantitative estimate of drug-likeness (QED) is 0.474. The summed E-state index contributed by atoms with van der Waals surface area (Å²) in [5.41, 5.74) is 1.03. The van der Waals surface area contributed by atoms with Gasteiger partial charge in [0.1, 0.15) is 18.2 Å². The van der Waals surface area contributed by atoms with Crippen LogP contribution in [0.1, 0.15) is 43.6 Å². The van der Waals surface area contributed by atoms with E-state index in [1.807, 2.05) is 0 Å². The first-order valence-corrected chi connectivity index (χ1v) is 10.7. The number of tetrazole rings is 1. The highest BCUT2D eigenvalue weighted by atomic mass is 35.5. The molecule has 5 rings (SSSR count). The molecule has 0 spiro atoms. The van der Waals surface area contributed by atoms with Crippen molar-refractivity contribution in [1.29, 1.82) is 0 Å². The monoisotopic (exact) mass is 449 g/mol. The summed E-state index contributed by atoms with van der Waals surface area (Å²) in [7, 11) is 1.70. The standard InChI is InChI=1S/C18H24ClN9O3/c1-8-24-26-28(25-8)11-6-10(14(29)15(11)30)27-7-20-13-16(22-18(19)23-17(13)27)21-9-4-3-5-12(9)31-2/h7,9-12,14-15,29-30H,3-6H2,1-2H3,(H,21,22,23)/t9-,10+,11-,12-,14-,15+/m0/s1. The van der Waals surface area contributed by atoms with E-state index in [1.54, 1.807) is 24.9 Å². The molecule has 3 aromatic heterocycles. The van der Waals surface area contributed by atoms with Crippen LogP contribution in [0.5, 0.6) is 0 Å². The minimum Gasteiger partial charge on any atom is -0.388 e. The molecular weight excluding hydrogens is 426 g/mol. The summed E-state index contributed by atoms with van der Waals surface area (Å²) in [6, 6.07) is -0.906. The maximum atomic E-state index is 10.8. The molecule has 2 aliphatic carbocycles. The van der Waals surface area contributed by atoms with E-state index in [1.165, 1.54) is 4.80 Å². The van der Waals surface area contributed by atoms with Gasteiger partial charge in [-0.2, -0.15) is 14.8 Å². The first-order valence-electron chi connectivity index (χ1n) is 10.3. The zero-order chi connectivity index (χ0) is 21.7. The average Bonchev–Trinajstić information content (AvgIpc) is 3.51. The van der Waals surface area contributed by atoms with Crippen LogP contribution in [-0.2, 0) is 4.74 Å². The Morgan fingerprint density at radius 3 is 2.74 bits per heavy atom. The molecule has 2 saturated carbocycles. The minimum atomic E-state index is -1.06. The molecule has 3 N–H and O–H groups in total. The Labute approximate surface area is 182 Å². The van der Waals surface area contributed by atoms with E-state index < -0.39 is 24.3 Å². The molecule has 0 amide bonds. The number of ether oxygens (including phenoxy) is 1. The van der Waals surface area contributed by atoms with Gasteiger partial charge in [0.2, 0.25) is 5.28 Å². The van der Waals surface area contributed by atoms with Gasteiger partial charge < -0.3 is 24.8 Å². The lowest BCUT2D eigenvalue weighted by molar-refractivity contribution is 0.00474. The second kappa shape index (κ2) is 7.93. The molecule has 3 heterocycles. The normalized spacial score (nSPS) is 31.0. The molecule has 0 aromatic carbocycles. The van der Waals surface area contributed by atoms with E-state index in [4.69, 9.17) is 16.3 Å². The Hall–Kier alpha value is -2.41. The van der Waals surface area contributed by atoms with Gasteiger partial charge in [-0.25, -0.2) is 4.98 Å². The van der Waals surface area contributed by atoms with Gasteiger partial charge >= 0.3 is 0 Å². The van der Waals surface area contributed by atoms with Gasteiger partial charge in [-0.3, -0.25) is 0 Å². The van der Waals surface area contributed by atoms with E-state index in [0.717, 1.165) is 19.3 Å². The summed E-state index contributed by atoms with van der Waals surface area (Å²) in [4.78, 5) is 14.5. The number of anilines is 1. The second-order valence-electron chi connectivity index (χ2n) is 8.13. The predicted octanol–water partition coefficient (Wildman–Crippen LogP) is 0.662. The molecule has 6 atom stereocenters. The van der Waals surface area contributed by atoms with E-state index >= 15 is 0 Å². The van der Waals surface area contributed by atoms with E-state index in [9.17, 15) is 10.2 Å². The highest BCUT2D eigenvalue weighted by molar-refractivity contribution is 6.28. The number of aliphatic hydroxyl groups excluding tert-OH is 2. The van der Waals surface area contributed by atoms with Gasteiger partial charge in [-0.05, 0) is 49.4 Å². The molecular formula is C18H24ClN9O3. The Morgan fingerprint density at radius 2 is 2.00 bits per heavy atom. The molecule has 0 radical (unpaired) electrons. The molecule has 0 aliphatic heterocycles. The van der Waals surface area contributed by atoms with Crippen molar-refractivity contribution in [3.63, 3.8) is 0 Å². The van der Waals surface area contributed by atoms with Crippen LogP contribution in [-0.4, -0.2) is 81.4 Å². The number of halogens is 1. The van der Waals surface area contributed by atoms with Crippen molar-refractivity contribution in [3.8, 4) is 0 Å². The van der Waals surface area contributed by atoms with Crippen LogP contribution in [0.4, 0.5) is 5.82 Å². The average molecular weight is 450 g/mol. The van der Waals surface area contributed by atoms with Crippen LogP contribution in [0, 0.1) is 6.92 Å². The third kappa shape index (κ3) is 3.53. The van der Waals surface area contributed by atoms with Crippen LogP contribution in [0.3, 0.4) is 0 Å². The summed E-state index contributed by atoms with van der Waals surface area (Å²) in [5, 5.41) is 36.9. The summed E-state index contributed by atoms with van der Waals surface area (Å²) in [6.07, 6.45) is 2.94. The van der Waals surface area contributed by atoms with Crippen molar-refractivity contribution in [2.75, 3.05) is 12.4 Å². The summed E-state index contributed by atoms with van der Waals surface area (Å²) >= 11 is 6.23. The smallest absolute Gasteiger partial charge is 0.226 e. The molecule has 2 fully saturated rings.